The highest BCUT2D eigenvalue weighted by atomic mass is 19.4. The molecule has 3 rings (SSSR count). The van der Waals surface area contributed by atoms with Crippen molar-refractivity contribution in [3.8, 4) is 11.4 Å². The Morgan fingerprint density at radius 3 is 2.29 bits per heavy atom. The first-order valence-electron chi connectivity index (χ1n) is 9.83. The Hall–Kier alpha value is -2.87. The summed E-state index contributed by atoms with van der Waals surface area (Å²) < 4.78 is 75.7. The third-order valence-electron chi connectivity index (χ3n) is 5.02. The summed E-state index contributed by atoms with van der Waals surface area (Å²) in [6, 6.07) is 10.4. The quantitative estimate of drug-likeness (QED) is 0.448. The lowest BCUT2D eigenvalue weighted by Gasteiger charge is -2.16. The van der Waals surface area contributed by atoms with Crippen LogP contribution in [0.4, 0.5) is 22.0 Å². The highest BCUT2D eigenvalue weighted by Crippen LogP contribution is 2.35. The minimum absolute atomic E-state index is 0.0641. The van der Waals surface area contributed by atoms with Crippen LogP contribution >= 0.6 is 0 Å². The molecule has 31 heavy (non-hydrogen) atoms. The number of hydrogen-bond donors (Lipinski definition) is 1. The average Bonchev–Trinajstić information content (AvgIpc) is 3.18. The molecule has 0 saturated heterocycles. The third kappa shape index (κ3) is 5.07. The smallest absolute Gasteiger partial charge is 0.418 e. The first-order chi connectivity index (χ1) is 14.8. The molecule has 0 bridgehead atoms. The van der Waals surface area contributed by atoms with Gasteiger partial charge in [0.2, 0.25) is 5.82 Å². The fraction of sp³-hybridized carbons (Fsp3) is 0.304. The van der Waals surface area contributed by atoms with E-state index in [0.717, 1.165) is 18.1 Å². The largest absolute Gasteiger partial charge is 0.484 e. The number of nitrogens with zero attached hydrogens (tertiary/aromatic N) is 1. The number of halogens is 5. The van der Waals surface area contributed by atoms with E-state index in [1.165, 1.54) is 22.9 Å². The van der Waals surface area contributed by atoms with Crippen LogP contribution in [0, 0.1) is 11.6 Å². The van der Waals surface area contributed by atoms with E-state index in [9.17, 15) is 22.0 Å². The Balaban J connectivity index is 1.91. The number of ether oxygens (including phenoxy) is 1. The molecule has 0 amide bonds. The van der Waals surface area contributed by atoms with E-state index in [4.69, 9.17) is 9.84 Å². The second kappa shape index (κ2) is 9.51. The number of alkyl halides is 3. The van der Waals surface area contributed by atoms with Crippen molar-refractivity contribution < 1.29 is 31.8 Å². The first-order valence-corrected chi connectivity index (χ1v) is 9.83. The molecule has 0 aliphatic heterocycles. The number of aliphatic hydroxyl groups excluding tert-OH is 1. The van der Waals surface area contributed by atoms with E-state index in [1.807, 2.05) is 19.1 Å². The Morgan fingerprint density at radius 1 is 0.968 bits per heavy atom. The van der Waals surface area contributed by atoms with Crippen molar-refractivity contribution in [1.29, 1.82) is 0 Å². The highest BCUT2D eigenvalue weighted by molar-refractivity contribution is 5.41. The van der Waals surface area contributed by atoms with Crippen LogP contribution in [0.3, 0.4) is 0 Å². The second-order valence-electron chi connectivity index (χ2n) is 7.03. The molecule has 0 aliphatic carbocycles. The van der Waals surface area contributed by atoms with Crippen LogP contribution in [0.2, 0.25) is 0 Å². The number of benzene rings is 2. The SMILES string of the molecule is CCc1ccc(-n2ccc(C(F)(F)F)c2COc2ccc(CCCO)c(F)c2F)cc1. The van der Waals surface area contributed by atoms with Gasteiger partial charge in [0.15, 0.2) is 11.6 Å². The summed E-state index contributed by atoms with van der Waals surface area (Å²) >= 11 is 0. The van der Waals surface area contributed by atoms with E-state index in [2.05, 4.69) is 0 Å². The molecule has 0 spiro atoms. The molecule has 166 valence electrons. The maximum Gasteiger partial charge on any atom is 0.418 e. The Bertz CT molecular complexity index is 1030. The van der Waals surface area contributed by atoms with Crippen LogP contribution < -0.4 is 4.74 Å². The lowest BCUT2D eigenvalue weighted by atomic mass is 10.1. The topological polar surface area (TPSA) is 34.4 Å². The fourth-order valence-electron chi connectivity index (χ4n) is 3.30. The Labute approximate surface area is 176 Å². The van der Waals surface area contributed by atoms with Crippen LogP contribution in [-0.2, 0) is 25.6 Å². The number of aliphatic hydroxyl groups is 1. The van der Waals surface area contributed by atoms with Crippen LogP contribution in [0.15, 0.2) is 48.7 Å². The molecule has 1 heterocycles. The summed E-state index contributed by atoms with van der Waals surface area (Å²) in [5.41, 5.74) is 0.462. The number of rotatable bonds is 8. The lowest BCUT2D eigenvalue weighted by Crippen LogP contribution is -2.13. The van der Waals surface area contributed by atoms with Crippen molar-refractivity contribution in [2.24, 2.45) is 0 Å². The Morgan fingerprint density at radius 2 is 1.68 bits per heavy atom. The average molecular weight is 439 g/mol. The van der Waals surface area contributed by atoms with Crippen LogP contribution in [0.5, 0.6) is 5.75 Å². The number of aryl methyl sites for hydroxylation is 2. The Kier molecular flexibility index (Phi) is 7.00. The molecule has 2 aromatic carbocycles. The van der Waals surface area contributed by atoms with Gasteiger partial charge in [0, 0.05) is 18.5 Å². The number of hydrogen-bond acceptors (Lipinski definition) is 2. The molecule has 1 aromatic heterocycles. The van der Waals surface area contributed by atoms with Gasteiger partial charge in [0.25, 0.3) is 0 Å². The summed E-state index contributed by atoms with van der Waals surface area (Å²) in [5, 5.41) is 8.84. The predicted molar refractivity (Wildman–Crippen MR) is 106 cm³/mol. The molecular formula is C23H22F5NO2. The normalized spacial score (nSPS) is 11.7. The van der Waals surface area contributed by atoms with E-state index in [1.54, 1.807) is 12.1 Å². The molecule has 1 N–H and O–H groups in total. The zero-order valence-corrected chi connectivity index (χ0v) is 16.8. The van der Waals surface area contributed by atoms with Crippen molar-refractivity contribution in [2.75, 3.05) is 6.61 Å². The van der Waals surface area contributed by atoms with E-state index in [-0.39, 0.29) is 30.7 Å². The molecule has 0 saturated carbocycles. The molecule has 3 aromatic rings. The first kappa shape index (κ1) is 22.8. The van der Waals surface area contributed by atoms with Crippen molar-refractivity contribution in [1.82, 2.24) is 4.57 Å². The summed E-state index contributed by atoms with van der Waals surface area (Å²) in [4.78, 5) is 0. The zero-order valence-electron chi connectivity index (χ0n) is 16.8. The van der Waals surface area contributed by atoms with Gasteiger partial charge in [0.05, 0.1) is 11.3 Å². The molecule has 0 radical (unpaired) electrons. The van der Waals surface area contributed by atoms with E-state index < -0.39 is 35.7 Å². The third-order valence-corrected chi connectivity index (χ3v) is 5.02. The van der Waals surface area contributed by atoms with Gasteiger partial charge in [-0.2, -0.15) is 17.6 Å². The van der Waals surface area contributed by atoms with Gasteiger partial charge >= 0.3 is 6.18 Å². The molecular weight excluding hydrogens is 417 g/mol. The second-order valence-corrected chi connectivity index (χ2v) is 7.03. The van der Waals surface area contributed by atoms with Crippen LogP contribution in [-0.4, -0.2) is 16.3 Å². The van der Waals surface area contributed by atoms with Gasteiger partial charge in [-0.1, -0.05) is 25.1 Å². The predicted octanol–water partition coefficient (Wildman–Crippen LogP) is 5.84. The highest BCUT2D eigenvalue weighted by Gasteiger charge is 2.35. The molecule has 0 atom stereocenters. The minimum atomic E-state index is -4.63. The minimum Gasteiger partial charge on any atom is -0.484 e. The standard InChI is InChI=1S/C23H22F5NO2/c1-2-15-5-8-17(9-6-15)29-12-11-18(23(26,27)28)19(29)14-31-20-10-7-16(4-3-13-30)21(24)22(20)25/h5-12,30H,2-4,13-14H2,1H3. The molecule has 8 heteroatoms. The summed E-state index contributed by atoms with van der Waals surface area (Å²) in [7, 11) is 0. The molecule has 3 nitrogen and oxygen atoms in total. The van der Waals surface area contributed by atoms with Gasteiger partial charge in [-0.05, 0) is 54.7 Å². The van der Waals surface area contributed by atoms with Crippen LogP contribution in [0.25, 0.3) is 5.69 Å². The monoisotopic (exact) mass is 439 g/mol. The van der Waals surface area contributed by atoms with Crippen molar-refractivity contribution >= 4 is 0 Å². The van der Waals surface area contributed by atoms with Gasteiger partial charge in [-0.15, -0.1) is 0 Å². The summed E-state index contributed by atoms with van der Waals surface area (Å²) in [5.74, 6) is -2.88. The van der Waals surface area contributed by atoms with Crippen molar-refractivity contribution in [2.45, 2.75) is 39.0 Å². The van der Waals surface area contributed by atoms with E-state index in [0.29, 0.717) is 5.69 Å². The summed E-state index contributed by atoms with van der Waals surface area (Å²) in [6.45, 7) is 1.19. The summed E-state index contributed by atoms with van der Waals surface area (Å²) in [6.07, 6.45) is -2.18. The van der Waals surface area contributed by atoms with Gasteiger partial charge < -0.3 is 14.4 Å². The van der Waals surface area contributed by atoms with Crippen LogP contribution in [0.1, 0.15) is 35.7 Å². The van der Waals surface area contributed by atoms with Gasteiger partial charge in [0.1, 0.15) is 6.61 Å². The lowest BCUT2D eigenvalue weighted by molar-refractivity contribution is -0.138. The maximum absolute atomic E-state index is 14.4. The number of aromatic nitrogens is 1. The van der Waals surface area contributed by atoms with Gasteiger partial charge in [-0.3, -0.25) is 0 Å². The van der Waals surface area contributed by atoms with Gasteiger partial charge in [-0.25, -0.2) is 4.39 Å². The molecule has 0 unspecified atom stereocenters. The zero-order chi connectivity index (χ0) is 22.6. The maximum atomic E-state index is 14.4. The fourth-order valence-corrected chi connectivity index (χ4v) is 3.30. The van der Waals surface area contributed by atoms with Crippen molar-refractivity contribution in [3.05, 3.63) is 82.7 Å². The molecule has 0 fully saturated rings. The molecule has 0 aliphatic rings. The van der Waals surface area contributed by atoms with E-state index >= 15 is 0 Å². The van der Waals surface area contributed by atoms with Crippen molar-refractivity contribution in [3.63, 3.8) is 0 Å².